The van der Waals surface area contributed by atoms with Crippen LogP contribution < -0.4 is 0 Å². The lowest BCUT2D eigenvalue weighted by molar-refractivity contribution is -0.138. The van der Waals surface area contributed by atoms with Crippen molar-refractivity contribution in [1.82, 2.24) is 0 Å². The Morgan fingerprint density at radius 1 is 1.46 bits per heavy atom. The van der Waals surface area contributed by atoms with Crippen LogP contribution >= 0.6 is 0 Å². The van der Waals surface area contributed by atoms with Crippen LogP contribution in [0, 0.1) is 11.8 Å². The molecule has 74 valence electrons. The lowest BCUT2D eigenvalue weighted by Gasteiger charge is -2.34. The van der Waals surface area contributed by atoms with E-state index in [1.807, 2.05) is 0 Å². The smallest absolute Gasteiger partial charge is 0.303 e. The topological polar surface area (TPSA) is 46.5 Å². The Morgan fingerprint density at radius 2 is 2.15 bits per heavy atom. The summed E-state index contributed by atoms with van der Waals surface area (Å²) in [7, 11) is 0. The van der Waals surface area contributed by atoms with Crippen LogP contribution in [0.3, 0.4) is 0 Å². The number of carboxylic acid groups (broad SMARTS) is 1. The Kier molecular flexibility index (Phi) is 2.54. The van der Waals surface area contributed by atoms with Crippen LogP contribution in [0.1, 0.15) is 32.1 Å². The molecule has 0 aromatic heterocycles. The van der Waals surface area contributed by atoms with Gasteiger partial charge in [-0.3, -0.25) is 4.79 Å². The van der Waals surface area contributed by atoms with Gasteiger partial charge < -0.3 is 9.84 Å². The molecule has 1 saturated carbocycles. The Balaban J connectivity index is 1.78. The number of aliphatic carboxylic acids is 1. The van der Waals surface area contributed by atoms with Gasteiger partial charge in [-0.1, -0.05) is 0 Å². The van der Waals surface area contributed by atoms with E-state index >= 15 is 0 Å². The highest BCUT2D eigenvalue weighted by molar-refractivity contribution is 5.66. The fourth-order valence-corrected chi connectivity index (χ4v) is 2.13. The number of carbonyl (C=O) groups is 1. The maximum Gasteiger partial charge on any atom is 0.303 e. The Labute approximate surface area is 78.1 Å². The van der Waals surface area contributed by atoms with Crippen molar-refractivity contribution in [3.8, 4) is 0 Å². The van der Waals surface area contributed by atoms with Gasteiger partial charge in [-0.15, -0.1) is 0 Å². The summed E-state index contributed by atoms with van der Waals surface area (Å²) in [6.45, 7) is 0.876. The van der Waals surface area contributed by atoms with E-state index in [1.165, 1.54) is 12.8 Å². The number of rotatable bonds is 5. The number of hydrogen-bond acceptors (Lipinski definition) is 2. The van der Waals surface area contributed by atoms with Crippen LogP contribution in [0.15, 0.2) is 0 Å². The SMILES string of the molecule is O=C(O)CCC(C1CC1)C1CCO1. The Hall–Kier alpha value is -0.570. The van der Waals surface area contributed by atoms with E-state index in [-0.39, 0.29) is 0 Å². The van der Waals surface area contributed by atoms with Gasteiger partial charge in [0, 0.05) is 13.0 Å². The van der Waals surface area contributed by atoms with Crippen LogP contribution in [0.4, 0.5) is 0 Å². The zero-order valence-corrected chi connectivity index (χ0v) is 7.74. The van der Waals surface area contributed by atoms with Crippen LogP contribution in [-0.4, -0.2) is 23.8 Å². The second kappa shape index (κ2) is 3.66. The van der Waals surface area contributed by atoms with Crippen molar-refractivity contribution in [3.63, 3.8) is 0 Å². The van der Waals surface area contributed by atoms with Gasteiger partial charge in [-0.2, -0.15) is 0 Å². The van der Waals surface area contributed by atoms with Crippen LogP contribution in [0.25, 0.3) is 0 Å². The minimum Gasteiger partial charge on any atom is -0.481 e. The van der Waals surface area contributed by atoms with Gasteiger partial charge in [-0.05, 0) is 37.5 Å². The van der Waals surface area contributed by atoms with Crippen LogP contribution in [-0.2, 0) is 9.53 Å². The first-order valence-corrected chi connectivity index (χ1v) is 5.11. The summed E-state index contributed by atoms with van der Waals surface area (Å²) in [5.41, 5.74) is 0. The molecule has 3 nitrogen and oxygen atoms in total. The summed E-state index contributed by atoms with van der Waals surface area (Å²) in [6.07, 6.45) is 5.20. The first-order valence-electron chi connectivity index (χ1n) is 5.11. The van der Waals surface area contributed by atoms with Crippen molar-refractivity contribution in [2.45, 2.75) is 38.2 Å². The molecule has 13 heavy (non-hydrogen) atoms. The number of ether oxygens (including phenoxy) is 1. The molecular formula is C10H16O3. The predicted molar refractivity (Wildman–Crippen MR) is 47.4 cm³/mol. The van der Waals surface area contributed by atoms with Crippen molar-refractivity contribution in [2.75, 3.05) is 6.61 Å². The zero-order valence-electron chi connectivity index (χ0n) is 7.74. The summed E-state index contributed by atoms with van der Waals surface area (Å²) in [5.74, 6) is 0.625. The molecule has 3 heteroatoms. The highest BCUT2D eigenvalue weighted by atomic mass is 16.5. The zero-order chi connectivity index (χ0) is 9.26. The molecule has 1 aliphatic heterocycles. The Morgan fingerprint density at radius 3 is 2.54 bits per heavy atom. The van der Waals surface area contributed by atoms with E-state index in [0.29, 0.717) is 18.4 Å². The van der Waals surface area contributed by atoms with E-state index in [2.05, 4.69) is 0 Å². The maximum atomic E-state index is 10.4. The highest BCUT2D eigenvalue weighted by Crippen LogP contribution is 2.44. The van der Waals surface area contributed by atoms with Crippen molar-refractivity contribution in [3.05, 3.63) is 0 Å². The summed E-state index contributed by atoms with van der Waals surface area (Å²) >= 11 is 0. The first kappa shape index (κ1) is 9.00. The lowest BCUT2D eigenvalue weighted by Crippen LogP contribution is -2.35. The van der Waals surface area contributed by atoms with Gasteiger partial charge >= 0.3 is 5.97 Å². The Bertz CT molecular complexity index is 194. The monoisotopic (exact) mass is 184 g/mol. The summed E-state index contributed by atoms with van der Waals surface area (Å²) in [6, 6.07) is 0. The molecule has 2 fully saturated rings. The third-order valence-corrected chi connectivity index (χ3v) is 3.13. The quantitative estimate of drug-likeness (QED) is 0.707. The number of hydrogen-bond donors (Lipinski definition) is 1. The van der Waals surface area contributed by atoms with E-state index in [0.717, 1.165) is 25.4 Å². The molecule has 2 atom stereocenters. The third-order valence-electron chi connectivity index (χ3n) is 3.13. The molecule has 0 aromatic carbocycles. The molecule has 2 rings (SSSR count). The molecule has 1 heterocycles. The first-order chi connectivity index (χ1) is 6.27. The van der Waals surface area contributed by atoms with Crippen LogP contribution in [0.5, 0.6) is 0 Å². The average molecular weight is 184 g/mol. The fraction of sp³-hybridized carbons (Fsp3) is 0.900. The van der Waals surface area contributed by atoms with Crippen LogP contribution in [0.2, 0.25) is 0 Å². The molecule has 0 amide bonds. The van der Waals surface area contributed by atoms with E-state index < -0.39 is 5.97 Å². The van der Waals surface area contributed by atoms with Gasteiger partial charge in [0.05, 0.1) is 6.10 Å². The van der Waals surface area contributed by atoms with Crippen molar-refractivity contribution < 1.29 is 14.6 Å². The van der Waals surface area contributed by atoms with Gasteiger partial charge in [0.1, 0.15) is 0 Å². The average Bonchev–Trinajstić information content (AvgIpc) is 2.75. The van der Waals surface area contributed by atoms with Gasteiger partial charge in [0.2, 0.25) is 0 Å². The molecule has 1 saturated heterocycles. The molecular weight excluding hydrogens is 168 g/mol. The number of carboxylic acids is 1. The van der Waals surface area contributed by atoms with E-state index in [1.54, 1.807) is 0 Å². The van der Waals surface area contributed by atoms with Crippen molar-refractivity contribution in [1.29, 1.82) is 0 Å². The normalized spacial score (nSPS) is 29.4. The summed E-state index contributed by atoms with van der Waals surface area (Å²) in [5, 5.41) is 8.60. The van der Waals surface area contributed by atoms with E-state index in [9.17, 15) is 4.79 Å². The lowest BCUT2D eigenvalue weighted by atomic mass is 9.88. The minimum absolute atomic E-state index is 0.307. The molecule has 1 aliphatic carbocycles. The molecule has 1 N–H and O–H groups in total. The largest absolute Gasteiger partial charge is 0.481 e. The summed E-state index contributed by atoms with van der Waals surface area (Å²) in [4.78, 5) is 10.4. The third kappa shape index (κ3) is 2.21. The molecule has 0 bridgehead atoms. The van der Waals surface area contributed by atoms with Gasteiger partial charge in [0.25, 0.3) is 0 Å². The second-order valence-corrected chi connectivity index (χ2v) is 4.13. The van der Waals surface area contributed by atoms with Gasteiger partial charge in [0.15, 0.2) is 0 Å². The van der Waals surface area contributed by atoms with Crippen molar-refractivity contribution in [2.24, 2.45) is 11.8 Å². The van der Waals surface area contributed by atoms with Crippen molar-refractivity contribution >= 4 is 5.97 Å². The standard InChI is InChI=1S/C10H16O3/c11-10(12)4-3-8(7-1-2-7)9-5-6-13-9/h7-9H,1-6H2,(H,11,12). The minimum atomic E-state index is -0.676. The fourth-order valence-electron chi connectivity index (χ4n) is 2.13. The van der Waals surface area contributed by atoms with Gasteiger partial charge in [-0.25, -0.2) is 0 Å². The molecule has 2 unspecified atom stereocenters. The molecule has 0 radical (unpaired) electrons. The maximum absolute atomic E-state index is 10.4. The highest BCUT2D eigenvalue weighted by Gasteiger charge is 2.39. The summed E-state index contributed by atoms with van der Waals surface area (Å²) < 4.78 is 5.43. The molecule has 2 aliphatic rings. The molecule has 0 spiro atoms. The van der Waals surface area contributed by atoms with E-state index in [4.69, 9.17) is 9.84 Å². The molecule has 0 aromatic rings. The predicted octanol–water partition coefficient (Wildman–Crippen LogP) is 1.67. The second-order valence-electron chi connectivity index (χ2n) is 4.13.